The van der Waals surface area contributed by atoms with Crippen LogP contribution in [0, 0.1) is 11.3 Å². The summed E-state index contributed by atoms with van der Waals surface area (Å²) in [4.78, 5) is 0. The number of rotatable bonds is 5. The summed E-state index contributed by atoms with van der Waals surface area (Å²) in [7, 11) is -3.16. The smallest absolute Gasteiger partial charge is 0.211 e. The van der Waals surface area contributed by atoms with Crippen molar-refractivity contribution in [2.75, 3.05) is 38.6 Å². The Kier molecular flexibility index (Phi) is 4.64. The van der Waals surface area contributed by atoms with E-state index in [1.54, 1.807) is 0 Å². The van der Waals surface area contributed by atoms with E-state index in [0.717, 1.165) is 32.4 Å². The van der Waals surface area contributed by atoms with Gasteiger partial charge in [-0.05, 0) is 37.1 Å². The minimum absolute atomic E-state index is 0.0531. The highest BCUT2D eigenvalue weighted by molar-refractivity contribution is 7.89. The zero-order chi connectivity index (χ0) is 13.1. The van der Waals surface area contributed by atoms with Crippen molar-refractivity contribution in [3.05, 3.63) is 0 Å². The van der Waals surface area contributed by atoms with Crippen LogP contribution in [0.1, 0.15) is 26.2 Å². The van der Waals surface area contributed by atoms with E-state index in [1.807, 2.05) is 0 Å². The Balaban J connectivity index is 1.80. The van der Waals surface area contributed by atoms with Crippen LogP contribution >= 0.6 is 0 Å². The lowest BCUT2D eigenvalue weighted by atomic mass is 9.83. The molecule has 106 valence electrons. The Morgan fingerprint density at radius 3 is 2.94 bits per heavy atom. The summed E-state index contributed by atoms with van der Waals surface area (Å²) < 4.78 is 32.0. The third kappa shape index (κ3) is 4.19. The second-order valence-corrected chi connectivity index (χ2v) is 7.77. The first-order valence-electron chi connectivity index (χ1n) is 6.75. The summed E-state index contributed by atoms with van der Waals surface area (Å²) in [5.74, 6) is 0.371. The van der Waals surface area contributed by atoms with Gasteiger partial charge in [0.15, 0.2) is 0 Å². The van der Waals surface area contributed by atoms with Gasteiger partial charge in [0.2, 0.25) is 10.0 Å². The van der Waals surface area contributed by atoms with Crippen LogP contribution in [-0.4, -0.2) is 47.0 Å². The molecule has 2 saturated heterocycles. The van der Waals surface area contributed by atoms with Crippen molar-refractivity contribution in [1.82, 2.24) is 10.0 Å². The Hall–Kier alpha value is -0.170. The van der Waals surface area contributed by atoms with Gasteiger partial charge < -0.3 is 10.1 Å². The van der Waals surface area contributed by atoms with Crippen molar-refractivity contribution in [2.45, 2.75) is 26.2 Å². The zero-order valence-corrected chi connectivity index (χ0v) is 11.9. The fraction of sp³-hybridized carbons (Fsp3) is 1.00. The molecule has 0 aromatic heterocycles. The molecule has 0 aromatic rings. The molecule has 2 fully saturated rings. The van der Waals surface area contributed by atoms with Crippen LogP contribution in [0.3, 0.4) is 0 Å². The van der Waals surface area contributed by atoms with E-state index < -0.39 is 10.0 Å². The van der Waals surface area contributed by atoms with Crippen molar-refractivity contribution >= 4 is 10.0 Å². The maximum absolute atomic E-state index is 12.0. The fourth-order valence-electron chi connectivity index (χ4n) is 2.64. The number of piperidine rings is 1. The Morgan fingerprint density at radius 2 is 2.33 bits per heavy atom. The van der Waals surface area contributed by atoms with Crippen molar-refractivity contribution in [3.63, 3.8) is 0 Å². The topological polar surface area (TPSA) is 67.4 Å². The van der Waals surface area contributed by atoms with Crippen LogP contribution in [0.5, 0.6) is 0 Å². The van der Waals surface area contributed by atoms with Gasteiger partial charge in [-0.25, -0.2) is 13.1 Å². The summed E-state index contributed by atoms with van der Waals surface area (Å²) in [6, 6.07) is 0. The lowest BCUT2D eigenvalue weighted by Gasteiger charge is -2.34. The quantitative estimate of drug-likeness (QED) is 0.759. The molecule has 2 atom stereocenters. The molecule has 18 heavy (non-hydrogen) atoms. The second-order valence-electron chi connectivity index (χ2n) is 5.92. The molecule has 0 bridgehead atoms. The van der Waals surface area contributed by atoms with Gasteiger partial charge in [0.25, 0.3) is 0 Å². The number of ether oxygens (including phenoxy) is 1. The zero-order valence-electron chi connectivity index (χ0n) is 11.1. The molecule has 2 aliphatic heterocycles. The van der Waals surface area contributed by atoms with Gasteiger partial charge >= 0.3 is 0 Å². The molecule has 2 N–H and O–H groups in total. The molecule has 0 aromatic carbocycles. The molecule has 0 radical (unpaired) electrons. The summed E-state index contributed by atoms with van der Waals surface area (Å²) in [5.41, 5.74) is 0.0531. The minimum Gasteiger partial charge on any atom is -0.381 e. The summed E-state index contributed by atoms with van der Waals surface area (Å²) in [6.45, 7) is 5.89. The van der Waals surface area contributed by atoms with Crippen molar-refractivity contribution in [3.8, 4) is 0 Å². The summed E-state index contributed by atoms with van der Waals surface area (Å²) >= 11 is 0. The third-order valence-electron chi connectivity index (χ3n) is 3.88. The molecule has 0 saturated carbocycles. The van der Waals surface area contributed by atoms with Gasteiger partial charge in [0.05, 0.1) is 12.4 Å². The third-order valence-corrected chi connectivity index (χ3v) is 5.38. The molecule has 6 heteroatoms. The van der Waals surface area contributed by atoms with Crippen LogP contribution in [0.15, 0.2) is 0 Å². The second kappa shape index (κ2) is 5.86. The molecule has 0 aliphatic carbocycles. The lowest BCUT2D eigenvalue weighted by molar-refractivity contribution is 0.188. The van der Waals surface area contributed by atoms with Crippen molar-refractivity contribution < 1.29 is 13.2 Å². The van der Waals surface area contributed by atoms with Crippen molar-refractivity contribution in [1.29, 1.82) is 0 Å². The predicted molar refractivity (Wildman–Crippen MR) is 70.9 cm³/mol. The Morgan fingerprint density at radius 1 is 1.50 bits per heavy atom. The standard InChI is InChI=1S/C12H24N2O3S/c1-12(4-2-5-13-9-12)10-14-18(15,16)8-11-3-6-17-7-11/h11,13-14H,2-10H2,1H3. The molecule has 2 unspecified atom stereocenters. The van der Waals surface area contributed by atoms with Crippen molar-refractivity contribution in [2.24, 2.45) is 11.3 Å². The largest absolute Gasteiger partial charge is 0.381 e. The predicted octanol–water partition coefficient (Wildman–Crippen LogP) is 0.332. The minimum atomic E-state index is -3.16. The average molecular weight is 276 g/mol. The van der Waals surface area contributed by atoms with E-state index in [4.69, 9.17) is 4.74 Å². The van der Waals surface area contributed by atoms with Gasteiger partial charge in [-0.15, -0.1) is 0 Å². The number of sulfonamides is 1. The number of hydrogen-bond acceptors (Lipinski definition) is 4. The molecule has 2 rings (SSSR count). The maximum Gasteiger partial charge on any atom is 0.211 e. The maximum atomic E-state index is 12.0. The van der Waals surface area contributed by atoms with Gasteiger partial charge in [0, 0.05) is 19.7 Å². The van der Waals surface area contributed by atoms with E-state index in [2.05, 4.69) is 17.0 Å². The summed E-state index contributed by atoms with van der Waals surface area (Å²) in [5, 5.41) is 3.33. The molecular formula is C12H24N2O3S. The Bertz CT molecular complexity index is 358. The first kappa shape index (κ1) is 14.2. The molecule has 0 spiro atoms. The first-order valence-corrected chi connectivity index (χ1v) is 8.40. The van der Waals surface area contributed by atoms with Crippen LogP contribution in [0.2, 0.25) is 0 Å². The average Bonchev–Trinajstić information content (AvgIpc) is 2.80. The van der Waals surface area contributed by atoms with E-state index in [9.17, 15) is 8.42 Å². The van der Waals surface area contributed by atoms with Crippen LogP contribution in [0.4, 0.5) is 0 Å². The van der Waals surface area contributed by atoms with E-state index >= 15 is 0 Å². The normalized spacial score (nSPS) is 33.7. The highest BCUT2D eigenvalue weighted by Gasteiger charge is 2.29. The van der Waals surface area contributed by atoms with Gasteiger partial charge in [-0.2, -0.15) is 0 Å². The van der Waals surface area contributed by atoms with Gasteiger partial charge in [-0.3, -0.25) is 0 Å². The number of nitrogens with one attached hydrogen (secondary N) is 2. The molecular weight excluding hydrogens is 252 g/mol. The number of hydrogen-bond donors (Lipinski definition) is 2. The molecule has 5 nitrogen and oxygen atoms in total. The van der Waals surface area contributed by atoms with Gasteiger partial charge in [0.1, 0.15) is 0 Å². The van der Waals surface area contributed by atoms with Crippen LogP contribution in [-0.2, 0) is 14.8 Å². The highest BCUT2D eigenvalue weighted by atomic mass is 32.2. The monoisotopic (exact) mass is 276 g/mol. The first-order chi connectivity index (χ1) is 8.49. The fourth-order valence-corrected chi connectivity index (χ4v) is 4.21. The van der Waals surface area contributed by atoms with E-state index in [1.165, 1.54) is 0 Å². The Labute approximate surface area is 110 Å². The molecule has 0 amide bonds. The SMILES string of the molecule is CC1(CNS(=O)(=O)CC2CCOC2)CCCNC1. The molecule has 2 heterocycles. The van der Waals surface area contributed by atoms with Crippen LogP contribution < -0.4 is 10.0 Å². The molecule has 2 aliphatic rings. The highest BCUT2D eigenvalue weighted by Crippen LogP contribution is 2.24. The van der Waals surface area contributed by atoms with Crippen LogP contribution in [0.25, 0.3) is 0 Å². The lowest BCUT2D eigenvalue weighted by Crippen LogP contribution is -2.46. The van der Waals surface area contributed by atoms with Gasteiger partial charge in [-0.1, -0.05) is 6.92 Å². The van der Waals surface area contributed by atoms with E-state index in [0.29, 0.717) is 19.8 Å². The summed E-state index contributed by atoms with van der Waals surface area (Å²) in [6.07, 6.45) is 3.06. The van der Waals surface area contributed by atoms with E-state index in [-0.39, 0.29) is 17.1 Å².